The Labute approximate surface area is 170 Å². The number of aliphatic hydroxyl groups excluding tert-OH is 1. The highest BCUT2D eigenvalue weighted by Gasteiger charge is 2.39. The standard InChI is InChI=1S/C28H20O/c1-17-15-16-22-25-20(17)13-8-14-21(25)26-23(18-9-4-2-5-10-18)28(29)24(27(22)26)19-11-6-3-7-12-19/h2-16,28-29H,1H3. The molecule has 29 heavy (non-hydrogen) atoms. The van der Waals surface area contributed by atoms with Crippen LogP contribution in [0.15, 0.2) is 91.0 Å². The van der Waals surface area contributed by atoms with E-state index in [2.05, 4.69) is 61.5 Å². The van der Waals surface area contributed by atoms with Gasteiger partial charge in [-0.05, 0) is 56.7 Å². The van der Waals surface area contributed by atoms with Crippen molar-refractivity contribution in [2.45, 2.75) is 13.0 Å². The molecule has 0 fully saturated rings. The molecule has 6 rings (SSSR count). The Morgan fingerprint density at radius 2 is 1.14 bits per heavy atom. The maximum Gasteiger partial charge on any atom is 0.106 e. The van der Waals surface area contributed by atoms with Crippen molar-refractivity contribution in [2.24, 2.45) is 0 Å². The molecular formula is C28H20O. The van der Waals surface area contributed by atoms with E-state index >= 15 is 0 Å². The lowest BCUT2D eigenvalue weighted by molar-refractivity contribution is 0.291. The highest BCUT2D eigenvalue weighted by Crippen LogP contribution is 2.58. The molecule has 0 amide bonds. The zero-order valence-corrected chi connectivity index (χ0v) is 16.2. The molecule has 1 N–H and O–H groups in total. The number of benzene rings is 4. The van der Waals surface area contributed by atoms with Crippen LogP contribution in [0.1, 0.15) is 27.8 Å². The number of hydrogen-bond donors (Lipinski definition) is 1. The number of rotatable bonds is 2. The van der Waals surface area contributed by atoms with E-state index in [4.69, 9.17) is 0 Å². The largest absolute Gasteiger partial charge is 0.384 e. The van der Waals surface area contributed by atoms with Crippen LogP contribution in [0.3, 0.4) is 0 Å². The van der Waals surface area contributed by atoms with Crippen molar-refractivity contribution in [3.63, 3.8) is 0 Å². The van der Waals surface area contributed by atoms with E-state index in [1.807, 2.05) is 36.4 Å². The highest BCUT2D eigenvalue weighted by atomic mass is 16.3. The Kier molecular flexibility index (Phi) is 3.44. The van der Waals surface area contributed by atoms with Crippen LogP contribution in [-0.4, -0.2) is 11.2 Å². The fraction of sp³-hybridized carbons (Fsp3) is 0.0714. The van der Waals surface area contributed by atoms with Gasteiger partial charge >= 0.3 is 0 Å². The zero-order valence-electron chi connectivity index (χ0n) is 16.2. The quantitative estimate of drug-likeness (QED) is 0.434. The summed E-state index contributed by atoms with van der Waals surface area (Å²) in [5, 5.41) is 14.2. The maximum atomic E-state index is 11.6. The van der Waals surface area contributed by atoms with E-state index in [1.54, 1.807) is 0 Å². The molecule has 0 aromatic heterocycles. The molecule has 2 aliphatic carbocycles. The van der Waals surface area contributed by atoms with Gasteiger partial charge in [0.2, 0.25) is 0 Å². The van der Waals surface area contributed by atoms with Gasteiger partial charge in [-0.3, -0.25) is 0 Å². The summed E-state index contributed by atoms with van der Waals surface area (Å²) in [6.07, 6.45) is -0.644. The molecule has 1 nitrogen and oxygen atoms in total. The van der Waals surface area contributed by atoms with Gasteiger partial charge in [-0.25, -0.2) is 0 Å². The first-order valence-electron chi connectivity index (χ1n) is 10.1. The van der Waals surface area contributed by atoms with Crippen molar-refractivity contribution in [1.82, 2.24) is 0 Å². The van der Waals surface area contributed by atoms with Gasteiger partial charge in [0.1, 0.15) is 6.10 Å². The minimum absolute atomic E-state index is 0.644. The number of aryl methyl sites for hydroxylation is 1. The van der Waals surface area contributed by atoms with Gasteiger partial charge < -0.3 is 5.11 Å². The molecule has 0 aliphatic heterocycles. The van der Waals surface area contributed by atoms with Crippen molar-refractivity contribution < 1.29 is 5.11 Å². The topological polar surface area (TPSA) is 20.2 Å². The van der Waals surface area contributed by atoms with Gasteiger partial charge in [0, 0.05) is 11.1 Å². The van der Waals surface area contributed by atoms with Crippen LogP contribution < -0.4 is 0 Å². The van der Waals surface area contributed by atoms with Crippen molar-refractivity contribution in [1.29, 1.82) is 0 Å². The van der Waals surface area contributed by atoms with Gasteiger partial charge in [-0.1, -0.05) is 91.0 Å². The Bertz CT molecular complexity index is 1270. The first kappa shape index (κ1) is 16.5. The van der Waals surface area contributed by atoms with E-state index in [1.165, 1.54) is 38.6 Å². The number of hydrogen-bond acceptors (Lipinski definition) is 1. The normalized spacial score (nSPS) is 17.4. The van der Waals surface area contributed by atoms with E-state index < -0.39 is 6.10 Å². The summed E-state index contributed by atoms with van der Waals surface area (Å²) in [6.45, 7) is 2.17. The Morgan fingerprint density at radius 3 is 1.72 bits per heavy atom. The average Bonchev–Trinajstić information content (AvgIpc) is 3.24. The molecule has 138 valence electrons. The molecule has 0 spiro atoms. The van der Waals surface area contributed by atoms with E-state index in [-0.39, 0.29) is 0 Å². The number of fused-ring (bicyclic) bond motifs is 3. The van der Waals surface area contributed by atoms with Crippen LogP contribution in [0.2, 0.25) is 0 Å². The molecular weight excluding hydrogens is 352 g/mol. The molecule has 0 saturated carbocycles. The number of allylic oxidation sites excluding steroid dienone is 2. The third-order valence-corrected chi connectivity index (χ3v) is 6.30. The fourth-order valence-electron chi connectivity index (χ4n) is 5.06. The number of aliphatic hydroxyl groups is 1. The minimum Gasteiger partial charge on any atom is -0.384 e. The van der Waals surface area contributed by atoms with Gasteiger partial charge in [0.25, 0.3) is 0 Å². The summed E-state index contributed by atoms with van der Waals surface area (Å²) in [5.41, 5.74) is 10.3. The van der Waals surface area contributed by atoms with Gasteiger partial charge in [0.15, 0.2) is 0 Å². The van der Waals surface area contributed by atoms with E-state index in [9.17, 15) is 5.11 Å². The smallest absolute Gasteiger partial charge is 0.106 e. The Balaban J connectivity index is 1.77. The van der Waals surface area contributed by atoms with Crippen molar-refractivity contribution in [3.8, 4) is 0 Å². The zero-order chi connectivity index (χ0) is 19.5. The molecule has 0 heterocycles. The Morgan fingerprint density at radius 1 is 0.586 bits per heavy atom. The minimum atomic E-state index is -0.644. The van der Waals surface area contributed by atoms with Gasteiger partial charge in [-0.2, -0.15) is 0 Å². The highest BCUT2D eigenvalue weighted by molar-refractivity contribution is 6.37. The van der Waals surface area contributed by atoms with Crippen molar-refractivity contribution in [2.75, 3.05) is 0 Å². The summed E-state index contributed by atoms with van der Waals surface area (Å²) in [4.78, 5) is 0. The summed E-state index contributed by atoms with van der Waals surface area (Å²) in [5.74, 6) is 0. The molecule has 4 aromatic rings. The predicted octanol–water partition coefficient (Wildman–Crippen LogP) is 6.36. The SMILES string of the molecule is Cc1ccc2c3c(cccc13)C1=C(c3ccccc3)C(O)C(c3ccccc3)=C12. The second-order valence-corrected chi connectivity index (χ2v) is 7.87. The van der Waals surface area contributed by atoms with Gasteiger partial charge in [-0.15, -0.1) is 0 Å². The molecule has 0 radical (unpaired) electrons. The molecule has 0 bridgehead atoms. The molecule has 1 unspecified atom stereocenters. The van der Waals surface area contributed by atoms with Crippen molar-refractivity contribution >= 4 is 33.1 Å². The van der Waals surface area contributed by atoms with Crippen molar-refractivity contribution in [3.05, 3.63) is 119 Å². The summed E-state index contributed by atoms with van der Waals surface area (Å²) < 4.78 is 0. The lowest BCUT2D eigenvalue weighted by Crippen LogP contribution is -2.09. The monoisotopic (exact) mass is 372 g/mol. The Hall–Kier alpha value is -3.42. The molecule has 2 aliphatic rings. The molecule has 1 heteroatoms. The van der Waals surface area contributed by atoms with Crippen LogP contribution in [0, 0.1) is 6.92 Å². The van der Waals surface area contributed by atoms with Crippen LogP contribution in [-0.2, 0) is 0 Å². The third-order valence-electron chi connectivity index (χ3n) is 6.30. The average molecular weight is 372 g/mol. The van der Waals surface area contributed by atoms with Crippen LogP contribution in [0.5, 0.6) is 0 Å². The second kappa shape index (κ2) is 6.04. The van der Waals surface area contributed by atoms with E-state index in [0.29, 0.717) is 0 Å². The van der Waals surface area contributed by atoms with Crippen LogP contribution in [0.4, 0.5) is 0 Å². The molecule has 4 aromatic carbocycles. The van der Waals surface area contributed by atoms with E-state index in [0.717, 1.165) is 22.3 Å². The predicted molar refractivity (Wildman–Crippen MR) is 121 cm³/mol. The maximum absolute atomic E-state index is 11.6. The summed E-state index contributed by atoms with van der Waals surface area (Å²) in [6, 6.07) is 31.6. The lowest BCUT2D eigenvalue weighted by atomic mass is 9.91. The summed E-state index contributed by atoms with van der Waals surface area (Å²) in [7, 11) is 0. The van der Waals surface area contributed by atoms with Gasteiger partial charge in [0.05, 0.1) is 0 Å². The molecule has 1 atom stereocenters. The summed E-state index contributed by atoms with van der Waals surface area (Å²) >= 11 is 0. The van der Waals surface area contributed by atoms with Crippen LogP contribution >= 0.6 is 0 Å². The second-order valence-electron chi connectivity index (χ2n) is 7.87. The van der Waals surface area contributed by atoms with Crippen LogP contribution in [0.25, 0.3) is 33.1 Å². The molecule has 0 saturated heterocycles. The lowest BCUT2D eigenvalue weighted by Gasteiger charge is -2.16. The fourth-order valence-corrected chi connectivity index (χ4v) is 5.06. The first-order valence-corrected chi connectivity index (χ1v) is 10.1. The third kappa shape index (κ3) is 2.19. The first-order chi connectivity index (χ1) is 14.3.